The molecule has 4 atom stereocenters. The van der Waals surface area contributed by atoms with Gasteiger partial charge in [-0.2, -0.15) is 0 Å². The van der Waals surface area contributed by atoms with Crippen molar-refractivity contribution in [2.24, 2.45) is 5.92 Å². The molecule has 1 unspecified atom stereocenters. The number of nitrogens with one attached hydrogen (secondary N) is 2. The second-order valence-corrected chi connectivity index (χ2v) is 14.7. The van der Waals surface area contributed by atoms with Gasteiger partial charge in [0.15, 0.2) is 11.5 Å². The summed E-state index contributed by atoms with van der Waals surface area (Å²) in [5, 5.41) is 3.29. The Morgan fingerprint density at radius 1 is 1.11 bits per heavy atom. The molecule has 4 aliphatic rings. The number of hydrogen-bond donors (Lipinski definition) is 3. The van der Waals surface area contributed by atoms with E-state index in [2.05, 4.69) is 10.0 Å². The van der Waals surface area contributed by atoms with Gasteiger partial charge < -0.3 is 10.1 Å². The first-order valence-electron chi connectivity index (χ1n) is 15.9. The number of hydrogen-bond acceptors (Lipinski definition) is 5. The van der Waals surface area contributed by atoms with E-state index in [4.69, 9.17) is 4.74 Å². The average Bonchev–Trinajstić information content (AvgIpc) is 3.53. The number of benzene rings is 2. The van der Waals surface area contributed by atoms with Crippen molar-refractivity contribution in [2.75, 3.05) is 6.54 Å². The van der Waals surface area contributed by atoms with Crippen LogP contribution >= 0.6 is 0 Å². The zero-order valence-corrected chi connectivity index (χ0v) is 26.2. The standard InChI is InChI=1S/C34H42F2N2O5S/c1-32(2,31(40)38-44(41)42)23-11-13-28(26(18-23)25-8-4-9-27(35)30(25)22-6-3-7-22)43-24-12-10-21(16-24)17-29(39)34(36)19-33(37-20-34)14-5-15-33/h4,8-9,11,13,18,21-22,24,37H,3,5-7,10,12,14-17,19-20H2,1-2H3,(H,38,40)(H,41,42)/t21-,24-,34-/m1/s1. The number of Topliss-reactive ketones (excluding diaryl/α,β-unsaturated/α-hetero) is 1. The van der Waals surface area contributed by atoms with Crippen molar-refractivity contribution in [1.29, 1.82) is 0 Å². The van der Waals surface area contributed by atoms with Crippen LogP contribution in [0.4, 0.5) is 8.78 Å². The van der Waals surface area contributed by atoms with Crippen molar-refractivity contribution in [3.8, 4) is 16.9 Å². The maximum atomic E-state index is 15.7. The smallest absolute Gasteiger partial charge is 0.261 e. The molecule has 2 aromatic carbocycles. The maximum Gasteiger partial charge on any atom is 0.261 e. The highest BCUT2D eigenvalue weighted by Gasteiger charge is 2.55. The number of ketones is 1. The molecule has 10 heteroatoms. The number of alkyl halides is 1. The van der Waals surface area contributed by atoms with E-state index < -0.39 is 28.3 Å². The summed E-state index contributed by atoms with van der Waals surface area (Å²) in [7, 11) is 0. The van der Waals surface area contributed by atoms with Gasteiger partial charge in [-0.25, -0.2) is 13.0 Å². The molecular weight excluding hydrogens is 586 g/mol. The number of rotatable bonds is 10. The van der Waals surface area contributed by atoms with Gasteiger partial charge in [-0.15, -0.1) is 0 Å². The summed E-state index contributed by atoms with van der Waals surface area (Å²) in [5.41, 5.74) is -0.561. The zero-order valence-electron chi connectivity index (χ0n) is 25.4. The van der Waals surface area contributed by atoms with E-state index >= 15 is 8.78 Å². The molecule has 3 saturated carbocycles. The molecule has 44 heavy (non-hydrogen) atoms. The number of carbonyl (C=O) groups excluding carboxylic acids is 2. The molecule has 0 aromatic heterocycles. The Bertz CT molecular complexity index is 1470. The van der Waals surface area contributed by atoms with Crippen LogP contribution in [0.2, 0.25) is 0 Å². The molecule has 1 saturated heterocycles. The lowest BCUT2D eigenvalue weighted by Gasteiger charge is -2.38. The molecule has 7 nitrogen and oxygen atoms in total. The lowest BCUT2D eigenvalue weighted by atomic mass is 9.73. The van der Waals surface area contributed by atoms with Crippen molar-refractivity contribution in [3.05, 3.63) is 53.3 Å². The zero-order chi connectivity index (χ0) is 31.3. The van der Waals surface area contributed by atoms with Crippen LogP contribution in [0.1, 0.15) is 102 Å². The Morgan fingerprint density at radius 2 is 1.89 bits per heavy atom. The van der Waals surface area contributed by atoms with Crippen LogP contribution in [-0.2, 0) is 26.3 Å². The van der Waals surface area contributed by atoms with E-state index in [1.807, 2.05) is 12.1 Å². The van der Waals surface area contributed by atoms with E-state index in [0.717, 1.165) is 51.4 Å². The average molecular weight is 629 g/mol. The molecule has 3 N–H and O–H groups in total. The SMILES string of the molecule is CC(C)(C(=O)NS(=O)O)c1ccc(O[C@@H]2CC[C@@H](CC(=O)[C@]3(F)CNC4(CCC4)C3)C2)c(-c2cccc(F)c2C2CCC2)c1. The van der Waals surface area contributed by atoms with Gasteiger partial charge in [-0.05, 0) is 112 Å². The first kappa shape index (κ1) is 31.3. The van der Waals surface area contributed by atoms with Crippen molar-refractivity contribution in [1.82, 2.24) is 10.0 Å². The van der Waals surface area contributed by atoms with Gasteiger partial charge in [0.1, 0.15) is 11.6 Å². The normalized spacial score (nSPS) is 27.0. The predicted octanol–water partition coefficient (Wildman–Crippen LogP) is 6.42. The third-order valence-electron chi connectivity index (χ3n) is 10.7. The maximum absolute atomic E-state index is 15.7. The van der Waals surface area contributed by atoms with Gasteiger partial charge in [0.05, 0.1) is 11.5 Å². The molecule has 1 aliphatic heterocycles. The summed E-state index contributed by atoms with van der Waals surface area (Å²) in [6.45, 7) is 3.43. The minimum Gasteiger partial charge on any atom is -0.490 e. The summed E-state index contributed by atoms with van der Waals surface area (Å²) >= 11 is -2.51. The van der Waals surface area contributed by atoms with Gasteiger partial charge in [-0.3, -0.25) is 18.9 Å². The molecule has 238 valence electrons. The van der Waals surface area contributed by atoms with Crippen LogP contribution in [0.25, 0.3) is 11.1 Å². The van der Waals surface area contributed by atoms with Crippen molar-refractivity contribution >= 4 is 23.0 Å². The molecule has 4 fully saturated rings. The van der Waals surface area contributed by atoms with Crippen LogP contribution in [0, 0.1) is 11.7 Å². The Morgan fingerprint density at radius 3 is 2.52 bits per heavy atom. The van der Waals surface area contributed by atoms with E-state index in [9.17, 15) is 18.4 Å². The third kappa shape index (κ3) is 5.97. The molecule has 1 amide bonds. The minimum atomic E-state index is -2.51. The summed E-state index contributed by atoms with van der Waals surface area (Å²) in [5.74, 6) is -0.532. The molecule has 1 spiro atoms. The highest BCUT2D eigenvalue weighted by Crippen LogP contribution is 2.48. The number of halogens is 2. The second-order valence-electron chi connectivity index (χ2n) is 14.0. The first-order valence-corrected chi connectivity index (χ1v) is 17.0. The van der Waals surface area contributed by atoms with Crippen LogP contribution in [0.5, 0.6) is 5.75 Å². The fraction of sp³-hybridized carbons (Fsp3) is 0.588. The fourth-order valence-electron chi connectivity index (χ4n) is 7.54. The predicted molar refractivity (Wildman–Crippen MR) is 165 cm³/mol. The van der Waals surface area contributed by atoms with E-state index in [1.165, 1.54) is 6.07 Å². The van der Waals surface area contributed by atoms with Crippen molar-refractivity contribution in [3.63, 3.8) is 0 Å². The Kier molecular flexibility index (Phi) is 8.47. The van der Waals surface area contributed by atoms with Crippen molar-refractivity contribution < 1.29 is 31.9 Å². The van der Waals surface area contributed by atoms with Gasteiger partial charge in [-0.1, -0.05) is 24.6 Å². The highest BCUT2D eigenvalue weighted by atomic mass is 32.2. The van der Waals surface area contributed by atoms with E-state index in [1.54, 1.807) is 32.0 Å². The third-order valence-corrected chi connectivity index (χ3v) is 11.1. The first-order chi connectivity index (χ1) is 20.9. The molecular formula is C34H42F2N2O5S. The number of amides is 1. The largest absolute Gasteiger partial charge is 0.490 e. The minimum absolute atomic E-state index is 0.0301. The monoisotopic (exact) mass is 628 g/mol. The van der Waals surface area contributed by atoms with E-state index in [-0.39, 0.29) is 54.5 Å². The quantitative estimate of drug-likeness (QED) is 0.262. The fourth-order valence-corrected chi connectivity index (χ4v) is 7.96. The lowest BCUT2D eigenvalue weighted by molar-refractivity contribution is -0.131. The molecule has 2 aromatic rings. The van der Waals surface area contributed by atoms with Crippen LogP contribution in [0.15, 0.2) is 36.4 Å². The lowest BCUT2D eigenvalue weighted by Crippen LogP contribution is -2.46. The molecule has 0 radical (unpaired) electrons. The highest BCUT2D eigenvalue weighted by molar-refractivity contribution is 7.77. The molecule has 6 rings (SSSR count). The van der Waals surface area contributed by atoms with Gasteiger partial charge in [0.2, 0.25) is 5.91 Å². The number of carbonyl (C=O) groups is 2. The Hall–Kier alpha value is -2.69. The Labute approximate surface area is 260 Å². The van der Waals surface area contributed by atoms with Gasteiger partial charge >= 0.3 is 0 Å². The summed E-state index contributed by atoms with van der Waals surface area (Å²) in [4.78, 5) is 26.0. The summed E-state index contributed by atoms with van der Waals surface area (Å²) < 4.78 is 60.2. The summed E-state index contributed by atoms with van der Waals surface area (Å²) in [6, 6.07) is 10.4. The van der Waals surface area contributed by atoms with Crippen molar-refractivity contribution in [2.45, 2.75) is 113 Å². The topological polar surface area (TPSA) is 105 Å². The number of ether oxygens (including phenoxy) is 1. The van der Waals surface area contributed by atoms with E-state index in [0.29, 0.717) is 34.4 Å². The van der Waals surface area contributed by atoms with Gasteiger partial charge in [0.25, 0.3) is 11.3 Å². The van der Waals surface area contributed by atoms with Gasteiger partial charge in [0, 0.05) is 30.5 Å². The van der Waals surface area contributed by atoms with Crippen LogP contribution in [-0.4, -0.2) is 44.3 Å². The molecule has 1 heterocycles. The molecule has 3 aliphatic carbocycles. The Balaban J connectivity index is 1.24. The van der Waals surface area contributed by atoms with Crippen LogP contribution < -0.4 is 14.8 Å². The molecule has 0 bridgehead atoms. The summed E-state index contributed by atoms with van der Waals surface area (Å²) in [6.07, 6.45) is 8.15. The van der Waals surface area contributed by atoms with Crippen LogP contribution in [0.3, 0.4) is 0 Å². The second kappa shape index (κ2) is 11.9.